The molecule has 0 bridgehead atoms. The Hall–Kier alpha value is -2.53. The number of nitrogens with zero attached hydrogens (tertiary/aromatic N) is 2. The number of ether oxygens (including phenoxy) is 2. The van der Waals surface area contributed by atoms with Gasteiger partial charge in [0.05, 0.1) is 6.54 Å². The lowest BCUT2D eigenvalue weighted by molar-refractivity contribution is -0.658. The minimum atomic E-state index is -1.06. The molecule has 2 aromatic rings. The van der Waals surface area contributed by atoms with Gasteiger partial charge in [0.25, 0.3) is 11.6 Å². The van der Waals surface area contributed by atoms with Gasteiger partial charge >= 0.3 is 0 Å². The van der Waals surface area contributed by atoms with Crippen molar-refractivity contribution in [2.75, 3.05) is 31.2 Å². The fourth-order valence-electron chi connectivity index (χ4n) is 4.46. The highest BCUT2D eigenvalue weighted by Crippen LogP contribution is 2.39. The van der Waals surface area contributed by atoms with Crippen LogP contribution in [0.2, 0.25) is 0 Å². The van der Waals surface area contributed by atoms with Crippen molar-refractivity contribution in [3.63, 3.8) is 0 Å². The molecule has 5 rings (SSSR count). The number of aliphatic hydroxyl groups is 1. The van der Waals surface area contributed by atoms with Gasteiger partial charge in [0.15, 0.2) is 18.0 Å². The molecule has 3 aliphatic rings. The number of rotatable bonds is 2. The highest BCUT2D eigenvalue weighted by Gasteiger charge is 2.52. The second kappa shape index (κ2) is 6.57. The molecule has 5 heteroatoms. The zero-order chi connectivity index (χ0) is 18.3. The van der Waals surface area contributed by atoms with Crippen molar-refractivity contribution in [1.29, 1.82) is 0 Å². The molecule has 3 heterocycles. The van der Waals surface area contributed by atoms with E-state index in [2.05, 4.69) is 33.7 Å². The molecule has 0 amide bonds. The van der Waals surface area contributed by atoms with Gasteiger partial charge in [-0.2, -0.15) is 0 Å². The van der Waals surface area contributed by atoms with Crippen LogP contribution in [0.5, 0.6) is 11.5 Å². The van der Waals surface area contributed by atoms with Gasteiger partial charge in [-0.15, -0.1) is 0 Å². The zero-order valence-electron chi connectivity index (χ0n) is 15.4. The quantitative estimate of drug-likeness (QED) is 0.831. The molecule has 0 radical (unpaired) electrons. The van der Waals surface area contributed by atoms with Gasteiger partial charge in [-0.3, -0.25) is 0 Å². The Balaban J connectivity index is 1.59. The summed E-state index contributed by atoms with van der Waals surface area (Å²) >= 11 is 0. The number of β-amino-alcohol motifs (C(OH)–C–C–N with tert-alkyl or cyclic N) is 1. The van der Waals surface area contributed by atoms with Gasteiger partial charge in [-0.1, -0.05) is 18.2 Å². The first-order chi connectivity index (χ1) is 13.3. The first-order valence-corrected chi connectivity index (χ1v) is 9.84. The van der Waals surface area contributed by atoms with E-state index < -0.39 is 5.72 Å². The maximum absolute atomic E-state index is 11.9. The van der Waals surface area contributed by atoms with Crippen molar-refractivity contribution >= 4 is 11.5 Å². The number of hydrogen-bond donors (Lipinski definition) is 1. The van der Waals surface area contributed by atoms with E-state index in [0.29, 0.717) is 19.8 Å². The molecule has 0 fully saturated rings. The lowest BCUT2D eigenvalue weighted by atomic mass is 10.0. The molecule has 3 aliphatic heterocycles. The van der Waals surface area contributed by atoms with Crippen LogP contribution in [0.1, 0.15) is 31.2 Å². The summed E-state index contributed by atoms with van der Waals surface area (Å²) in [7, 11) is 0. The summed E-state index contributed by atoms with van der Waals surface area (Å²) in [5.41, 5.74) is 0.934. The third-order valence-corrected chi connectivity index (χ3v) is 5.80. The Labute approximate surface area is 159 Å². The van der Waals surface area contributed by atoms with Crippen molar-refractivity contribution < 1.29 is 19.2 Å². The Bertz CT molecular complexity index is 880. The smallest absolute Gasteiger partial charge is 0.271 e. The molecule has 140 valence electrons. The van der Waals surface area contributed by atoms with E-state index in [1.165, 1.54) is 12.3 Å². The van der Waals surface area contributed by atoms with Gasteiger partial charge in [0.1, 0.15) is 18.9 Å². The van der Waals surface area contributed by atoms with Crippen LogP contribution < -0.4 is 14.4 Å². The molecular weight excluding hydrogens is 340 g/mol. The molecule has 1 atom stereocenters. The van der Waals surface area contributed by atoms with Crippen molar-refractivity contribution in [3.05, 3.63) is 54.1 Å². The van der Waals surface area contributed by atoms with E-state index in [0.717, 1.165) is 48.6 Å². The fourth-order valence-corrected chi connectivity index (χ4v) is 4.46. The predicted octanol–water partition coefficient (Wildman–Crippen LogP) is 3.11. The topological polar surface area (TPSA) is 44.9 Å². The highest BCUT2D eigenvalue weighted by molar-refractivity contribution is 5.95. The van der Waals surface area contributed by atoms with Crippen molar-refractivity contribution in [2.24, 2.45) is 0 Å². The summed E-state index contributed by atoms with van der Waals surface area (Å²) in [6.07, 6.45) is 4.44. The molecule has 2 aromatic carbocycles. The second-order valence-electron chi connectivity index (χ2n) is 7.48. The van der Waals surface area contributed by atoms with Crippen LogP contribution in [0.3, 0.4) is 0 Å². The lowest BCUT2D eigenvalue weighted by Gasteiger charge is -2.26. The van der Waals surface area contributed by atoms with Gasteiger partial charge in [0, 0.05) is 12.0 Å². The summed E-state index contributed by atoms with van der Waals surface area (Å²) in [6.45, 7) is 2.50. The fraction of sp³-hybridized carbons (Fsp3) is 0.409. The summed E-state index contributed by atoms with van der Waals surface area (Å²) in [4.78, 5) is 2.28. The first-order valence-electron chi connectivity index (χ1n) is 9.84. The van der Waals surface area contributed by atoms with Crippen molar-refractivity contribution in [1.82, 2.24) is 0 Å². The van der Waals surface area contributed by atoms with E-state index in [-0.39, 0.29) is 0 Å². The largest absolute Gasteiger partial charge is 0.486 e. The zero-order valence-corrected chi connectivity index (χ0v) is 15.4. The number of fused-ring (bicyclic) bond motifs is 1. The van der Waals surface area contributed by atoms with Gasteiger partial charge in [0.2, 0.25) is 0 Å². The summed E-state index contributed by atoms with van der Waals surface area (Å²) < 4.78 is 13.6. The molecule has 0 spiro atoms. The van der Waals surface area contributed by atoms with E-state index >= 15 is 0 Å². The third-order valence-electron chi connectivity index (χ3n) is 5.80. The molecule has 0 aromatic heterocycles. The number of anilines is 1. The minimum absolute atomic E-state index is 0.520. The summed E-state index contributed by atoms with van der Waals surface area (Å²) in [6, 6.07) is 16.2. The summed E-state index contributed by atoms with van der Waals surface area (Å²) in [5.74, 6) is 2.70. The predicted molar refractivity (Wildman–Crippen MR) is 104 cm³/mol. The lowest BCUT2D eigenvalue weighted by Crippen LogP contribution is -2.41. The maximum Gasteiger partial charge on any atom is 0.271 e. The molecule has 0 aliphatic carbocycles. The molecule has 1 N–H and O–H groups in total. The van der Waals surface area contributed by atoms with Crippen LogP contribution in [0.25, 0.3) is 0 Å². The highest BCUT2D eigenvalue weighted by atomic mass is 16.6. The van der Waals surface area contributed by atoms with E-state index in [1.807, 2.05) is 24.3 Å². The second-order valence-corrected chi connectivity index (χ2v) is 7.48. The Morgan fingerprint density at radius 3 is 2.59 bits per heavy atom. The van der Waals surface area contributed by atoms with Crippen LogP contribution in [-0.2, 0) is 5.72 Å². The minimum Gasteiger partial charge on any atom is -0.486 e. The monoisotopic (exact) mass is 365 g/mol. The van der Waals surface area contributed by atoms with E-state index in [4.69, 9.17) is 9.47 Å². The Morgan fingerprint density at radius 2 is 1.74 bits per heavy atom. The number of benzene rings is 2. The Morgan fingerprint density at radius 1 is 0.926 bits per heavy atom. The molecule has 5 nitrogen and oxygen atoms in total. The normalized spacial score (nSPS) is 24.6. The van der Waals surface area contributed by atoms with Gasteiger partial charge in [-0.25, -0.2) is 9.48 Å². The van der Waals surface area contributed by atoms with Crippen molar-refractivity contribution in [3.8, 4) is 11.5 Å². The van der Waals surface area contributed by atoms with Crippen LogP contribution in [0, 0.1) is 0 Å². The van der Waals surface area contributed by atoms with Gasteiger partial charge in [-0.05, 0) is 49.6 Å². The molecule has 0 saturated carbocycles. The average Bonchev–Trinajstić information content (AvgIpc) is 2.87. The Kier molecular flexibility index (Phi) is 4.05. The van der Waals surface area contributed by atoms with Crippen LogP contribution >= 0.6 is 0 Å². The first kappa shape index (κ1) is 16.6. The van der Waals surface area contributed by atoms with Gasteiger partial charge < -0.3 is 14.6 Å². The number of para-hydroxylation sites is 1. The van der Waals surface area contributed by atoms with Crippen LogP contribution in [-0.4, -0.2) is 41.8 Å². The number of amidine groups is 1. The molecular formula is C22H25N2O3+. The third kappa shape index (κ3) is 2.77. The summed E-state index contributed by atoms with van der Waals surface area (Å²) in [5, 5.41) is 11.9. The van der Waals surface area contributed by atoms with Crippen molar-refractivity contribution in [2.45, 2.75) is 31.4 Å². The van der Waals surface area contributed by atoms with E-state index in [1.54, 1.807) is 0 Å². The molecule has 0 unspecified atom stereocenters. The molecule has 27 heavy (non-hydrogen) atoms. The number of hydrogen-bond acceptors (Lipinski definition) is 4. The maximum atomic E-state index is 11.9. The van der Waals surface area contributed by atoms with Crippen LogP contribution in [0.4, 0.5) is 5.69 Å². The molecule has 0 saturated heterocycles. The SMILES string of the molecule is O[C@@]1(c2ccc3c(c2)OCCO3)CN(c2ccccc2)C2=[N+]1CCCCC2. The van der Waals surface area contributed by atoms with Crippen LogP contribution in [0.15, 0.2) is 48.5 Å². The average molecular weight is 365 g/mol. The standard InChI is InChI=1S/C22H25N2O3/c25-22(17-10-11-19-20(15-17)27-14-13-26-19)16-23(18-7-3-1-4-8-18)21-9-5-2-6-12-24(21)22/h1,3-4,7-8,10-11,15,25H,2,5-6,9,12-14,16H2/q+1/t22-/m1/s1. The van der Waals surface area contributed by atoms with E-state index in [9.17, 15) is 5.11 Å².